The van der Waals surface area contributed by atoms with Gasteiger partial charge in [-0.2, -0.15) is 0 Å². The Morgan fingerprint density at radius 1 is 1.07 bits per heavy atom. The van der Waals surface area contributed by atoms with Gasteiger partial charge in [0.15, 0.2) is 0 Å². The fraction of sp³-hybridized carbons (Fsp3) is 0.458. The van der Waals surface area contributed by atoms with Crippen LogP contribution in [0.25, 0.3) is 0 Å². The molecule has 0 bridgehead atoms. The first-order valence-corrected chi connectivity index (χ1v) is 10.5. The van der Waals surface area contributed by atoms with E-state index in [0.717, 1.165) is 50.0 Å². The van der Waals surface area contributed by atoms with E-state index in [2.05, 4.69) is 17.0 Å². The van der Waals surface area contributed by atoms with Gasteiger partial charge < -0.3 is 14.4 Å². The summed E-state index contributed by atoms with van der Waals surface area (Å²) in [6.45, 7) is 5.10. The number of likely N-dealkylation sites (tertiary alicyclic amines) is 1. The molecule has 2 aromatic rings. The highest BCUT2D eigenvalue weighted by Crippen LogP contribution is 2.30. The molecule has 30 heavy (non-hydrogen) atoms. The third-order valence-corrected chi connectivity index (χ3v) is 5.30. The van der Waals surface area contributed by atoms with Gasteiger partial charge in [0.25, 0.3) is 0 Å². The largest absolute Gasteiger partial charge is 0.466 e. The van der Waals surface area contributed by atoms with Crippen molar-refractivity contribution in [2.75, 3.05) is 26.2 Å². The van der Waals surface area contributed by atoms with E-state index in [1.807, 2.05) is 25.1 Å². The summed E-state index contributed by atoms with van der Waals surface area (Å²) in [4.78, 5) is 13.8. The molecule has 1 heterocycles. The second-order valence-electron chi connectivity index (χ2n) is 7.43. The van der Waals surface area contributed by atoms with Crippen LogP contribution in [0.3, 0.4) is 0 Å². The maximum Gasteiger partial charge on any atom is 0.305 e. The quantitative estimate of drug-likeness (QED) is 0.510. The van der Waals surface area contributed by atoms with Crippen LogP contribution in [0.5, 0.6) is 0 Å². The van der Waals surface area contributed by atoms with Crippen molar-refractivity contribution in [2.45, 2.75) is 44.8 Å². The van der Waals surface area contributed by atoms with Gasteiger partial charge in [0, 0.05) is 19.5 Å². The molecule has 0 radical (unpaired) electrons. The van der Waals surface area contributed by atoms with Crippen molar-refractivity contribution in [3.63, 3.8) is 0 Å². The number of rotatable bonds is 9. The number of esters is 1. The molecule has 0 aromatic heterocycles. The molecule has 6 heteroatoms. The van der Waals surface area contributed by atoms with Gasteiger partial charge in [-0.15, -0.1) is 12.4 Å². The fourth-order valence-corrected chi connectivity index (χ4v) is 3.76. The SMILES string of the molecule is CCOC(=O)CCCN1CCC(OC(c2ccccc2)c2ccc(F)cc2)CC1.Cl. The van der Waals surface area contributed by atoms with Gasteiger partial charge in [-0.25, -0.2) is 4.39 Å². The highest BCUT2D eigenvalue weighted by Gasteiger charge is 2.24. The summed E-state index contributed by atoms with van der Waals surface area (Å²) in [7, 11) is 0. The molecule has 4 nitrogen and oxygen atoms in total. The summed E-state index contributed by atoms with van der Waals surface area (Å²) in [6.07, 6.45) is 3.16. The Morgan fingerprint density at radius 3 is 2.33 bits per heavy atom. The van der Waals surface area contributed by atoms with E-state index in [1.165, 1.54) is 12.1 Å². The molecule has 2 aromatic carbocycles. The highest BCUT2D eigenvalue weighted by molar-refractivity contribution is 5.85. The molecule has 164 valence electrons. The van der Waals surface area contributed by atoms with Crippen molar-refractivity contribution in [1.29, 1.82) is 0 Å². The molecule has 0 amide bonds. The molecule has 1 aliphatic heterocycles. The molecule has 1 fully saturated rings. The van der Waals surface area contributed by atoms with E-state index in [-0.39, 0.29) is 36.4 Å². The molecule has 0 spiro atoms. The van der Waals surface area contributed by atoms with E-state index in [4.69, 9.17) is 9.47 Å². The zero-order chi connectivity index (χ0) is 20.5. The minimum absolute atomic E-state index is 0. The monoisotopic (exact) mass is 435 g/mol. The van der Waals surface area contributed by atoms with Crippen LogP contribution in [0.2, 0.25) is 0 Å². The Morgan fingerprint density at radius 2 is 1.70 bits per heavy atom. The second-order valence-corrected chi connectivity index (χ2v) is 7.43. The van der Waals surface area contributed by atoms with Gasteiger partial charge >= 0.3 is 5.97 Å². The van der Waals surface area contributed by atoms with Crippen LogP contribution in [-0.4, -0.2) is 43.2 Å². The minimum atomic E-state index is -0.239. The second kappa shape index (κ2) is 12.7. The third kappa shape index (κ3) is 7.38. The summed E-state index contributed by atoms with van der Waals surface area (Å²) in [5, 5.41) is 0. The van der Waals surface area contributed by atoms with Crippen LogP contribution in [0.4, 0.5) is 4.39 Å². The Kier molecular flexibility index (Phi) is 10.3. The highest BCUT2D eigenvalue weighted by atomic mass is 35.5. The number of carbonyl (C=O) groups excluding carboxylic acids is 1. The van der Waals surface area contributed by atoms with Crippen molar-refractivity contribution in [3.05, 3.63) is 71.5 Å². The van der Waals surface area contributed by atoms with Gasteiger partial charge in [-0.3, -0.25) is 4.79 Å². The molecular weight excluding hydrogens is 405 g/mol. The number of hydrogen-bond donors (Lipinski definition) is 0. The maximum absolute atomic E-state index is 13.4. The van der Waals surface area contributed by atoms with Crippen LogP contribution in [-0.2, 0) is 14.3 Å². The summed E-state index contributed by atoms with van der Waals surface area (Å²) >= 11 is 0. The Hall–Kier alpha value is -1.95. The summed E-state index contributed by atoms with van der Waals surface area (Å²) < 4.78 is 24.9. The minimum Gasteiger partial charge on any atom is -0.466 e. The Bertz CT molecular complexity index is 749. The molecule has 1 unspecified atom stereocenters. The van der Waals surface area contributed by atoms with Gasteiger partial charge in [-0.05, 0) is 56.0 Å². The van der Waals surface area contributed by atoms with Crippen LogP contribution in [0.1, 0.15) is 49.8 Å². The van der Waals surface area contributed by atoms with E-state index in [9.17, 15) is 9.18 Å². The first-order chi connectivity index (χ1) is 14.2. The Labute approximate surface area is 184 Å². The molecule has 0 saturated carbocycles. The molecule has 3 rings (SSSR count). The van der Waals surface area contributed by atoms with E-state index in [0.29, 0.717) is 13.0 Å². The van der Waals surface area contributed by atoms with Crippen LogP contribution in [0.15, 0.2) is 54.6 Å². The lowest BCUT2D eigenvalue weighted by atomic mass is 10.00. The molecule has 0 aliphatic carbocycles. The average molecular weight is 436 g/mol. The van der Waals surface area contributed by atoms with Gasteiger partial charge in [-0.1, -0.05) is 42.5 Å². The van der Waals surface area contributed by atoms with Crippen molar-refractivity contribution >= 4 is 18.4 Å². The van der Waals surface area contributed by atoms with Gasteiger partial charge in [0.1, 0.15) is 11.9 Å². The molecule has 1 aliphatic rings. The van der Waals surface area contributed by atoms with Crippen molar-refractivity contribution in [2.24, 2.45) is 0 Å². The number of ether oxygens (including phenoxy) is 2. The maximum atomic E-state index is 13.4. The first kappa shape index (κ1) is 24.3. The van der Waals surface area contributed by atoms with E-state index >= 15 is 0 Å². The average Bonchev–Trinajstić information content (AvgIpc) is 2.75. The molecule has 1 atom stereocenters. The first-order valence-electron chi connectivity index (χ1n) is 10.5. The molecule has 0 N–H and O–H groups in total. The molecule has 1 saturated heterocycles. The summed E-state index contributed by atoms with van der Waals surface area (Å²) in [5.74, 6) is -0.354. The number of piperidine rings is 1. The van der Waals surface area contributed by atoms with E-state index in [1.54, 1.807) is 12.1 Å². The normalized spacial score (nSPS) is 15.9. The standard InChI is InChI=1S/C24H30FNO3.ClH/c1-2-28-23(27)9-6-16-26-17-14-22(15-18-26)29-24(19-7-4-3-5-8-19)20-10-12-21(25)13-11-20;/h3-5,7-8,10-13,22,24H,2,6,9,14-18H2,1H3;1H. The number of halogens is 2. The zero-order valence-electron chi connectivity index (χ0n) is 17.5. The lowest BCUT2D eigenvalue weighted by Crippen LogP contribution is -2.38. The summed E-state index contributed by atoms with van der Waals surface area (Å²) in [5.41, 5.74) is 2.05. The predicted octanol–water partition coefficient (Wildman–Crippen LogP) is 5.16. The summed E-state index contributed by atoms with van der Waals surface area (Å²) in [6, 6.07) is 16.7. The topological polar surface area (TPSA) is 38.8 Å². The number of carbonyl (C=O) groups is 1. The predicted molar refractivity (Wildman–Crippen MR) is 118 cm³/mol. The van der Waals surface area contributed by atoms with Crippen molar-refractivity contribution in [3.8, 4) is 0 Å². The Balaban J connectivity index is 0.00000320. The van der Waals surface area contributed by atoms with Crippen LogP contribution in [0, 0.1) is 5.82 Å². The number of nitrogens with zero attached hydrogens (tertiary/aromatic N) is 1. The van der Waals surface area contributed by atoms with Gasteiger partial charge in [0.05, 0.1) is 12.7 Å². The lowest BCUT2D eigenvalue weighted by Gasteiger charge is -2.34. The number of hydrogen-bond acceptors (Lipinski definition) is 4. The van der Waals surface area contributed by atoms with E-state index < -0.39 is 0 Å². The number of benzene rings is 2. The van der Waals surface area contributed by atoms with Crippen LogP contribution >= 0.6 is 12.4 Å². The van der Waals surface area contributed by atoms with Crippen molar-refractivity contribution < 1.29 is 18.7 Å². The van der Waals surface area contributed by atoms with Crippen LogP contribution < -0.4 is 0 Å². The third-order valence-electron chi connectivity index (χ3n) is 5.30. The molecular formula is C24H31ClFNO3. The fourth-order valence-electron chi connectivity index (χ4n) is 3.76. The van der Waals surface area contributed by atoms with Gasteiger partial charge in [0.2, 0.25) is 0 Å². The van der Waals surface area contributed by atoms with Crippen molar-refractivity contribution in [1.82, 2.24) is 4.90 Å². The smallest absolute Gasteiger partial charge is 0.305 e. The lowest BCUT2D eigenvalue weighted by molar-refractivity contribution is -0.143. The zero-order valence-corrected chi connectivity index (χ0v) is 18.3.